The van der Waals surface area contributed by atoms with Gasteiger partial charge in [0.2, 0.25) is 16.9 Å². The van der Waals surface area contributed by atoms with Crippen molar-refractivity contribution < 1.29 is 4.42 Å². The first kappa shape index (κ1) is 20.4. The summed E-state index contributed by atoms with van der Waals surface area (Å²) in [6.07, 6.45) is 0. The normalized spacial score (nSPS) is 10.9. The third-order valence-corrected chi connectivity index (χ3v) is 5.72. The molecule has 0 spiro atoms. The number of aromatic nitrogens is 5. The zero-order valence-corrected chi connectivity index (χ0v) is 18.3. The highest BCUT2D eigenvalue weighted by atomic mass is 35.5. The van der Waals surface area contributed by atoms with Crippen molar-refractivity contribution in [1.29, 1.82) is 0 Å². The maximum Gasteiger partial charge on any atom is 0.247 e. The molecule has 5 aromatic rings. The van der Waals surface area contributed by atoms with Crippen LogP contribution < -0.4 is 0 Å². The fraction of sp³-hybridized carbons (Fsp3) is 0.0417. The number of benzene rings is 3. The summed E-state index contributed by atoms with van der Waals surface area (Å²) in [5.41, 5.74) is 4.28. The van der Waals surface area contributed by atoms with E-state index < -0.39 is 0 Å². The Hall–Kier alpha value is -3.55. The van der Waals surface area contributed by atoms with Gasteiger partial charge in [0.05, 0.1) is 5.75 Å². The SMILES string of the molecule is Clc1ccc(-c2nnc(CSc3nnc(-c4ccccc4)c(-c4ccccc4)n3)o2)cc1. The van der Waals surface area contributed by atoms with Gasteiger partial charge in [-0.1, -0.05) is 84.0 Å². The van der Waals surface area contributed by atoms with Crippen LogP contribution in [0.3, 0.4) is 0 Å². The lowest BCUT2D eigenvalue weighted by molar-refractivity contribution is 0.528. The van der Waals surface area contributed by atoms with Gasteiger partial charge in [0, 0.05) is 21.7 Å². The standard InChI is InChI=1S/C24H16ClN5OS/c25-19-13-11-18(12-14-19)23-29-27-20(31-23)15-32-24-26-21(16-7-3-1-4-8-16)22(28-30-24)17-9-5-2-6-10-17/h1-14H,15H2. The maximum atomic E-state index is 5.94. The quantitative estimate of drug-likeness (QED) is 0.281. The second kappa shape index (κ2) is 9.30. The highest BCUT2D eigenvalue weighted by Gasteiger charge is 2.15. The first-order chi connectivity index (χ1) is 15.8. The minimum Gasteiger partial charge on any atom is -0.420 e. The topological polar surface area (TPSA) is 77.6 Å². The van der Waals surface area contributed by atoms with E-state index in [2.05, 4.69) is 20.4 Å². The molecule has 32 heavy (non-hydrogen) atoms. The van der Waals surface area contributed by atoms with Crippen LogP contribution in [0.2, 0.25) is 5.02 Å². The van der Waals surface area contributed by atoms with E-state index in [1.54, 1.807) is 12.1 Å². The molecule has 8 heteroatoms. The van der Waals surface area contributed by atoms with Gasteiger partial charge in [0.25, 0.3) is 0 Å². The summed E-state index contributed by atoms with van der Waals surface area (Å²) in [5.74, 6) is 1.36. The molecular weight excluding hydrogens is 442 g/mol. The molecule has 0 unspecified atom stereocenters. The largest absolute Gasteiger partial charge is 0.420 e. The third kappa shape index (κ3) is 4.54. The second-order valence-electron chi connectivity index (χ2n) is 6.82. The highest BCUT2D eigenvalue weighted by molar-refractivity contribution is 7.98. The minimum atomic E-state index is 0.432. The van der Waals surface area contributed by atoms with Crippen LogP contribution in [0, 0.1) is 0 Å². The van der Waals surface area contributed by atoms with Crippen molar-refractivity contribution in [2.24, 2.45) is 0 Å². The smallest absolute Gasteiger partial charge is 0.247 e. The lowest BCUT2D eigenvalue weighted by Gasteiger charge is -2.09. The van der Waals surface area contributed by atoms with Crippen LogP contribution in [0.1, 0.15) is 5.89 Å². The first-order valence-electron chi connectivity index (χ1n) is 9.83. The second-order valence-corrected chi connectivity index (χ2v) is 8.20. The van der Waals surface area contributed by atoms with Gasteiger partial charge < -0.3 is 4.42 Å². The summed E-state index contributed by atoms with van der Waals surface area (Å²) in [6, 6.07) is 27.1. The first-order valence-corrected chi connectivity index (χ1v) is 11.2. The molecule has 0 saturated heterocycles. The Balaban J connectivity index is 1.39. The van der Waals surface area contributed by atoms with E-state index in [0.29, 0.717) is 27.7 Å². The van der Waals surface area contributed by atoms with Crippen molar-refractivity contribution in [2.45, 2.75) is 10.9 Å². The van der Waals surface area contributed by atoms with Crippen molar-refractivity contribution >= 4 is 23.4 Å². The van der Waals surface area contributed by atoms with Gasteiger partial charge in [-0.25, -0.2) is 4.98 Å². The zero-order chi connectivity index (χ0) is 21.8. The number of rotatable bonds is 6. The molecule has 0 saturated carbocycles. The minimum absolute atomic E-state index is 0.432. The Kier molecular flexibility index (Phi) is 5.91. The predicted octanol–water partition coefficient (Wildman–Crippen LogP) is 6.20. The Morgan fingerprint density at radius 2 is 1.31 bits per heavy atom. The molecule has 0 aliphatic rings. The molecule has 0 aliphatic carbocycles. The molecule has 0 fully saturated rings. The molecule has 0 aliphatic heterocycles. The molecule has 6 nitrogen and oxygen atoms in total. The Morgan fingerprint density at radius 3 is 2.00 bits per heavy atom. The number of halogens is 1. The van der Waals surface area contributed by atoms with Gasteiger partial charge in [-0.05, 0) is 24.3 Å². The number of nitrogens with zero attached hydrogens (tertiary/aromatic N) is 5. The summed E-state index contributed by atoms with van der Waals surface area (Å²) in [7, 11) is 0. The van der Waals surface area contributed by atoms with E-state index in [0.717, 1.165) is 28.1 Å². The van der Waals surface area contributed by atoms with E-state index in [1.165, 1.54) is 11.8 Å². The van der Waals surface area contributed by atoms with Gasteiger partial charge in [0.1, 0.15) is 11.4 Å². The van der Waals surface area contributed by atoms with Crippen molar-refractivity contribution in [2.75, 3.05) is 0 Å². The van der Waals surface area contributed by atoms with E-state index >= 15 is 0 Å². The van der Waals surface area contributed by atoms with E-state index in [9.17, 15) is 0 Å². The van der Waals surface area contributed by atoms with Crippen LogP contribution in [0.15, 0.2) is 94.5 Å². The maximum absolute atomic E-state index is 5.94. The molecule has 5 rings (SSSR count). The molecule has 0 amide bonds. The molecule has 0 N–H and O–H groups in total. The molecule has 0 atom stereocenters. The average Bonchev–Trinajstić information content (AvgIpc) is 3.33. The summed E-state index contributed by atoms with van der Waals surface area (Å²) < 4.78 is 5.78. The van der Waals surface area contributed by atoms with E-state index in [4.69, 9.17) is 21.0 Å². The van der Waals surface area contributed by atoms with Crippen molar-refractivity contribution in [3.8, 4) is 34.0 Å². The summed E-state index contributed by atoms with van der Waals surface area (Å²) >= 11 is 7.33. The van der Waals surface area contributed by atoms with E-state index in [-0.39, 0.29) is 0 Å². The van der Waals surface area contributed by atoms with Crippen LogP contribution in [-0.4, -0.2) is 25.4 Å². The Bertz CT molecular complexity index is 1330. The number of thioether (sulfide) groups is 1. The zero-order valence-electron chi connectivity index (χ0n) is 16.7. The number of hydrogen-bond donors (Lipinski definition) is 0. The fourth-order valence-corrected chi connectivity index (χ4v) is 3.86. The van der Waals surface area contributed by atoms with E-state index in [1.807, 2.05) is 72.8 Å². The highest BCUT2D eigenvalue weighted by Crippen LogP contribution is 2.30. The third-order valence-electron chi connectivity index (χ3n) is 4.64. The van der Waals surface area contributed by atoms with Crippen LogP contribution in [-0.2, 0) is 5.75 Å². The lowest BCUT2D eigenvalue weighted by atomic mass is 10.0. The summed E-state index contributed by atoms with van der Waals surface area (Å²) in [5, 5.41) is 18.3. The van der Waals surface area contributed by atoms with Crippen molar-refractivity contribution in [3.63, 3.8) is 0 Å². The predicted molar refractivity (Wildman–Crippen MR) is 125 cm³/mol. The van der Waals surface area contributed by atoms with Crippen molar-refractivity contribution in [3.05, 3.63) is 95.8 Å². The molecule has 2 aromatic heterocycles. The number of hydrogen-bond acceptors (Lipinski definition) is 7. The molecule has 2 heterocycles. The fourth-order valence-electron chi connectivity index (χ4n) is 3.11. The monoisotopic (exact) mass is 457 g/mol. The van der Waals surface area contributed by atoms with Gasteiger partial charge in [-0.2, -0.15) is 0 Å². The Labute approximate surface area is 193 Å². The molecule has 0 bridgehead atoms. The van der Waals surface area contributed by atoms with Crippen LogP contribution in [0.4, 0.5) is 0 Å². The summed E-state index contributed by atoms with van der Waals surface area (Å²) in [6.45, 7) is 0. The molecule has 156 valence electrons. The Morgan fingerprint density at radius 1 is 0.656 bits per heavy atom. The molecular formula is C24H16ClN5OS. The average molecular weight is 458 g/mol. The molecule has 3 aromatic carbocycles. The van der Waals surface area contributed by atoms with Gasteiger partial charge in [0.15, 0.2) is 0 Å². The lowest BCUT2D eigenvalue weighted by Crippen LogP contribution is -1.99. The molecule has 0 radical (unpaired) electrons. The van der Waals surface area contributed by atoms with Crippen LogP contribution >= 0.6 is 23.4 Å². The van der Waals surface area contributed by atoms with Crippen LogP contribution in [0.25, 0.3) is 34.0 Å². The summed E-state index contributed by atoms with van der Waals surface area (Å²) in [4.78, 5) is 4.79. The van der Waals surface area contributed by atoms with Gasteiger partial charge >= 0.3 is 0 Å². The van der Waals surface area contributed by atoms with Gasteiger partial charge in [-0.3, -0.25) is 0 Å². The van der Waals surface area contributed by atoms with Crippen LogP contribution in [0.5, 0.6) is 0 Å². The van der Waals surface area contributed by atoms with Gasteiger partial charge in [-0.15, -0.1) is 20.4 Å². The van der Waals surface area contributed by atoms with Crippen molar-refractivity contribution in [1.82, 2.24) is 25.4 Å².